The van der Waals surface area contributed by atoms with Crippen molar-refractivity contribution >= 4 is 5.91 Å². The Morgan fingerprint density at radius 2 is 1.96 bits per heavy atom. The first-order valence-corrected chi connectivity index (χ1v) is 8.38. The number of amides is 1. The highest BCUT2D eigenvalue weighted by molar-refractivity contribution is 5.76. The standard InChI is InChI=1S/C18H28N2O4/c1-23-15-6-5-13(9-16(15)24-2)14(19)10-17(22)20-11-18(12-21)7-3-4-8-18/h5-6,9,14,21H,3-4,7-8,10-12,19H2,1-2H3,(H,20,22)/t14-/m1/s1. The lowest BCUT2D eigenvalue weighted by atomic mass is 9.87. The molecule has 4 N–H and O–H groups in total. The number of hydrogen-bond donors (Lipinski definition) is 3. The third-order valence-corrected chi connectivity index (χ3v) is 4.90. The summed E-state index contributed by atoms with van der Waals surface area (Å²) in [6.07, 6.45) is 4.34. The van der Waals surface area contributed by atoms with Crippen LogP contribution in [0.4, 0.5) is 0 Å². The van der Waals surface area contributed by atoms with Crippen LogP contribution in [0.3, 0.4) is 0 Å². The third kappa shape index (κ3) is 4.39. The zero-order valence-corrected chi connectivity index (χ0v) is 14.5. The first-order chi connectivity index (χ1) is 11.5. The van der Waals surface area contributed by atoms with E-state index >= 15 is 0 Å². The minimum absolute atomic E-state index is 0.1000. The largest absolute Gasteiger partial charge is 0.493 e. The van der Waals surface area contributed by atoms with Crippen LogP contribution in [-0.4, -0.2) is 38.4 Å². The van der Waals surface area contributed by atoms with Crippen molar-refractivity contribution in [3.63, 3.8) is 0 Å². The molecular weight excluding hydrogens is 308 g/mol. The fraction of sp³-hybridized carbons (Fsp3) is 0.611. The molecule has 1 aliphatic carbocycles. The van der Waals surface area contributed by atoms with E-state index < -0.39 is 6.04 Å². The Bertz CT molecular complexity index is 556. The lowest BCUT2D eigenvalue weighted by molar-refractivity contribution is -0.122. The van der Waals surface area contributed by atoms with Crippen LogP contribution in [0.1, 0.15) is 43.7 Å². The number of nitrogens with two attached hydrogens (primary N) is 1. The summed E-state index contributed by atoms with van der Waals surface area (Å²) in [5.41, 5.74) is 6.82. The molecular formula is C18H28N2O4. The van der Waals surface area contributed by atoms with Gasteiger partial charge in [-0.2, -0.15) is 0 Å². The molecule has 1 amide bonds. The molecule has 0 radical (unpaired) electrons. The van der Waals surface area contributed by atoms with E-state index in [2.05, 4.69) is 5.32 Å². The van der Waals surface area contributed by atoms with Gasteiger partial charge in [-0.1, -0.05) is 18.9 Å². The van der Waals surface area contributed by atoms with Crippen LogP contribution in [0.2, 0.25) is 0 Å². The monoisotopic (exact) mass is 336 g/mol. The average Bonchev–Trinajstić information content (AvgIpc) is 3.08. The SMILES string of the molecule is COc1ccc([C@H](N)CC(=O)NCC2(CO)CCCC2)cc1OC. The van der Waals surface area contributed by atoms with Gasteiger partial charge in [-0.25, -0.2) is 0 Å². The molecule has 1 fully saturated rings. The van der Waals surface area contributed by atoms with Gasteiger partial charge in [0.05, 0.1) is 20.8 Å². The molecule has 6 nitrogen and oxygen atoms in total. The van der Waals surface area contributed by atoms with Crippen LogP contribution in [0.15, 0.2) is 18.2 Å². The number of carbonyl (C=O) groups excluding carboxylic acids is 1. The number of ether oxygens (including phenoxy) is 2. The second kappa shape index (κ2) is 8.35. The Balaban J connectivity index is 1.91. The molecule has 0 unspecified atom stereocenters. The lowest BCUT2D eigenvalue weighted by Crippen LogP contribution is -2.39. The maximum absolute atomic E-state index is 12.2. The van der Waals surface area contributed by atoms with Gasteiger partial charge in [-0.3, -0.25) is 4.79 Å². The quantitative estimate of drug-likeness (QED) is 0.672. The molecule has 0 bridgehead atoms. The summed E-state index contributed by atoms with van der Waals surface area (Å²) in [6, 6.07) is 5.00. The van der Waals surface area contributed by atoms with Crippen LogP contribution in [0.5, 0.6) is 11.5 Å². The average molecular weight is 336 g/mol. The Kier molecular flexibility index (Phi) is 6.45. The highest BCUT2D eigenvalue weighted by Gasteiger charge is 2.33. The van der Waals surface area contributed by atoms with Crippen LogP contribution >= 0.6 is 0 Å². The van der Waals surface area contributed by atoms with E-state index in [9.17, 15) is 9.90 Å². The molecule has 0 saturated heterocycles. The molecule has 2 rings (SSSR count). The van der Waals surface area contributed by atoms with E-state index in [0.717, 1.165) is 31.2 Å². The second-order valence-corrected chi connectivity index (χ2v) is 6.57. The molecule has 6 heteroatoms. The highest BCUT2D eigenvalue weighted by atomic mass is 16.5. The number of carbonyl (C=O) groups is 1. The van der Waals surface area contributed by atoms with Crippen molar-refractivity contribution in [2.75, 3.05) is 27.4 Å². The maximum Gasteiger partial charge on any atom is 0.221 e. The number of rotatable bonds is 8. The van der Waals surface area contributed by atoms with Gasteiger partial charge in [-0.15, -0.1) is 0 Å². The fourth-order valence-corrected chi connectivity index (χ4v) is 3.28. The van der Waals surface area contributed by atoms with Crippen molar-refractivity contribution < 1.29 is 19.4 Å². The van der Waals surface area contributed by atoms with Gasteiger partial charge in [-0.05, 0) is 30.5 Å². The van der Waals surface area contributed by atoms with E-state index in [1.165, 1.54) is 0 Å². The summed E-state index contributed by atoms with van der Waals surface area (Å²) in [4.78, 5) is 12.2. The van der Waals surface area contributed by atoms with Crippen molar-refractivity contribution in [2.24, 2.45) is 11.1 Å². The fourth-order valence-electron chi connectivity index (χ4n) is 3.28. The molecule has 1 saturated carbocycles. The topological polar surface area (TPSA) is 93.8 Å². The summed E-state index contributed by atoms with van der Waals surface area (Å²) in [5, 5.41) is 12.5. The van der Waals surface area contributed by atoms with Crippen LogP contribution in [0, 0.1) is 5.41 Å². The predicted octanol–water partition coefficient (Wildman–Crippen LogP) is 1.76. The molecule has 0 heterocycles. The van der Waals surface area contributed by atoms with Gasteiger partial charge in [0, 0.05) is 24.4 Å². The summed E-state index contributed by atoms with van der Waals surface area (Å²) >= 11 is 0. The summed E-state index contributed by atoms with van der Waals surface area (Å²) < 4.78 is 10.5. The van der Waals surface area contributed by atoms with E-state index in [1.807, 2.05) is 6.07 Å². The van der Waals surface area contributed by atoms with E-state index in [4.69, 9.17) is 15.2 Å². The van der Waals surface area contributed by atoms with Gasteiger partial charge in [0.25, 0.3) is 0 Å². The first kappa shape index (κ1) is 18.5. The summed E-state index contributed by atoms with van der Waals surface area (Å²) in [5.74, 6) is 1.12. The Morgan fingerprint density at radius 1 is 1.29 bits per heavy atom. The van der Waals surface area contributed by atoms with Crippen LogP contribution in [-0.2, 0) is 4.79 Å². The molecule has 1 aromatic rings. The van der Waals surface area contributed by atoms with Crippen molar-refractivity contribution in [3.05, 3.63) is 23.8 Å². The zero-order valence-electron chi connectivity index (χ0n) is 14.5. The molecule has 24 heavy (non-hydrogen) atoms. The minimum atomic E-state index is -0.418. The highest BCUT2D eigenvalue weighted by Crippen LogP contribution is 2.37. The van der Waals surface area contributed by atoms with E-state index in [1.54, 1.807) is 26.4 Å². The van der Waals surface area contributed by atoms with Crippen molar-refractivity contribution in [1.82, 2.24) is 5.32 Å². The lowest BCUT2D eigenvalue weighted by Gasteiger charge is -2.27. The molecule has 0 aliphatic heterocycles. The number of aliphatic hydroxyl groups is 1. The molecule has 1 aliphatic rings. The second-order valence-electron chi connectivity index (χ2n) is 6.57. The van der Waals surface area contributed by atoms with Crippen molar-refractivity contribution in [3.8, 4) is 11.5 Å². The van der Waals surface area contributed by atoms with Crippen LogP contribution in [0.25, 0.3) is 0 Å². The Hall–Kier alpha value is -1.79. The Labute approximate surface area is 143 Å². The summed E-state index contributed by atoms with van der Waals surface area (Å²) in [6.45, 7) is 0.635. The molecule has 0 spiro atoms. The maximum atomic E-state index is 12.2. The van der Waals surface area contributed by atoms with E-state index in [0.29, 0.717) is 18.0 Å². The van der Waals surface area contributed by atoms with Gasteiger partial charge in [0.1, 0.15) is 0 Å². The number of methoxy groups -OCH3 is 2. The van der Waals surface area contributed by atoms with Gasteiger partial charge in [0.15, 0.2) is 11.5 Å². The number of hydrogen-bond acceptors (Lipinski definition) is 5. The summed E-state index contributed by atoms with van der Waals surface area (Å²) in [7, 11) is 3.14. The normalized spacial score (nSPS) is 17.3. The van der Waals surface area contributed by atoms with Crippen LogP contribution < -0.4 is 20.5 Å². The smallest absolute Gasteiger partial charge is 0.221 e. The first-order valence-electron chi connectivity index (χ1n) is 8.38. The molecule has 1 atom stereocenters. The molecule has 0 aromatic heterocycles. The van der Waals surface area contributed by atoms with Crippen molar-refractivity contribution in [2.45, 2.75) is 38.1 Å². The van der Waals surface area contributed by atoms with Gasteiger partial charge in [0.2, 0.25) is 5.91 Å². The van der Waals surface area contributed by atoms with Crippen molar-refractivity contribution in [1.29, 1.82) is 0 Å². The molecule has 1 aromatic carbocycles. The number of aliphatic hydroxyl groups excluding tert-OH is 1. The minimum Gasteiger partial charge on any atom is -0.493 e. The molecule has 134 valence electrons. The Morgan fingerprint density at radius 3 is 2.54 bits per heavy atom. The van der Waals surface area contributed by atoms with Gasteiger partial charge < -0.3 is 25.6 Å². The van der Waals surface area contributed by atoms with E-state index in [-0.39, 0.29) is 24.3 Å². The zero-order chi connectivity index (χ0) is 17.6. The number of nitrogens with one attached hydrogen (secondary N) is 1. The van der Waals surface area contributed by atoms with Gasteiger partial charge >= 0.3 is 0 Å². The predicted molar refractivity (Wildman–Crippen MR) is 92.1 cm³/mol. The number of benzene rings is 1. The third-order valence-electron chi connectivity index (χ3n) is 4.90.